The third-order valence-corrected chi connectivity index (χ3v) is 14.1. The molecule has 0 spiro atoms. The third kappa shape index (κ3) is 5.74. The fourth-order valence-corrected chi connectivity index (χ4v) is 11.1. The molecule has 0 fully saturated rings. The second-order valence-corrected chi connectivity index (χ2v) is 18.0. The van der Waals surface area contributed by atoms with Gasteiger partial charge in [-0.15, -0.1) is 0 Å². The Bertz CT molecular complexity index is 3620. The summed E-state index contributed by atoms with van der Waals surface area (Å²) >= 11 is 0. The molecule has 0 amide bonds. The lowest BCUT2D eigenvalue weighted by Crippen LogP contribution is -2.15. The maximum absolute atomic E-state index is 5.01. The minimum absolute atomic E-state index is 0.201. The van der Waals surface area contributed by atoms with E-state index in [0.29, 0.717) is 0 Å². The standard InChI is InChI=1S/C63H42N2/c1-63(2)53-37-42(41-20-13-21-44(36-41)55-27-15-28-57(65-55)56-26-11-12-35-64-56)29-31-46(53)47-32-30-43(38-54(47)63)45-33-34-52-60-48(45)24-14-25-51(60)61-58(39-16-5-3-6-17-39)49-22-9-10-23-50(49)59(62(52)61)40-18-7-4-8-19-40/h3-38H,1-2H3. The maximum atomic E-state index is 5.01. The number of aromatic nitrogens is 2. The second-order valence-electron chi connectivity index (χ2n) is 18.0. The first kappa shape index (κ1) is 37.4. The fraction of sp³-hybridized carbons (Fsp3) is 0.0476. The molecule has 0 atom stereocenters. The lowest BCUT2D eigenvalue weighted by Gasteiger charge is -2.23. The summed E-state index contributed by atoms with van der Waals surface area (Å²) < 4.78 is 0. The van der Waals surface area contributed by atoms with Gasteiger partial charge in [0, 0.05) is 17.2 Å². The van der Waals surface area contributed by atoms with Crippen molar-refractivity contribution in [3.8, 4) is 101 Å². The Morgan fingerprint density at radius 3 is 1.49 bits per heavy atom. The molecule has 0 saturated heterocycles. The van der Waals surface area contributed by atoms with Crippen LogP contribution in [0.2, 0.25) is 0 Å². The lowest BCUT2D eigenvalue weighted by molar-refractivity contribution is 0.661. The van der Waals surface area contributed by atoms with Crippen LogP contribution in [0.5, 0.6) is 0 Å². The van der Waals surface area contributed by atoms with Crippen molar-refractivity contribution in [3.63, 3.8) is 0 Å². The number of hydrogen-bond acceptors (Lipinski definition) is 2. The molecule has 0 unspecified atom stereocenters. The van der Waals surface area contributed by atoms with E-state index in [9.17, 15) is 0 Å². The Morgan fingerprint density at radius 1 is 0.308 bits per heavy atom. The smallest absolute Gasteiger partial charge is 0.0893 e. The fourth-order valence-electron chi connectivity index (χ4n) is 11.1. The number of benzene rings is 9. The molecule has 9 aromatic carbocycles. The van der Waals surface area contributed by atoms with E-state index in [4.69, 9.17) is 4.98 Å². The van der Waals surface area contributed by atoms with Crippen LogP contribution in [-0.4, -0.2) is 9.97 Å². The van der Waals surface area contributed by atoms with Gasteiger partial charge in [0.25, 0.3) is 0 Å². The van der Waals surface area contributed by atoms with Crippen LogP contribution in [-0.2, 0) is 5.41 Å². The average Bonchev–Trinajstić information content (AvgIpc) is 3.82. The molecule has 2 aliphatic rings. The van der Waals surface area contributed by atoms with Crippen LogP contribution in [0.4, 0.5) is 0 Å². The second kappa shape index (κ2) is 14.4. The summed E-state index contributed by atoms with van der Waals surface area (Å²) in [7, 11) is 0. The van der Waals surface area contributed by atoms with Crippen molar-refractivity contribution < 1.29 is 0 Å². The largest absolute Gasteiger partial charge is 0.255 e. The third-order valence-electron chi connectivity index (χ3n) is 14.1. The first-order chi connectivity index (χ1) is 32.0. The normalized spacial score (nSPS) is 12.9. The molecule has 2 aliphatic carbocycles. The highest BCUT2D eigenvalue weighted by atomic mass is 14.8. The molecule has 0 bridgehead atoms. The van der Waals surface area contributed by atoms with E-state index in [-0.39, 0.29) is 5.41 Å². The minimum atomic E-state index is -0.201. The van der Waals surface area contributed by atoms with E-state index >= 15 is 0 Å². The van der Waals surface area contributed by atoms with Crippen molar-refractivity contribution in [2.45, 2.75) is 19.3 Å². The van der Waals surface area contributed by atoms with Gasteiger partial charge in [0.15, 0.2) is 0 Å². The van der Waals surface area contributed by atoms with E-state index in [0.717, 1.165) is 22.6 Å². The number of rotatable bonds is 6. The lowest BCUT2D eigenvalue weighted by atomic mass is 9.80. The van der Waals surface area contributed by atoms with Gasteiger partial charge in [-0.3, -0.25) is 4.98 Å². The van der Waals surface area contributed by atoms with Crippen molar-refractivity contribution in [3.05, 3.63) is 230 Å². The molecule has 0 radical (unpaired) electrons. The number of fused-ring (bicyclic) bond motifs is 7. The molecule has 304 valence electrons. The van der Waals surface area contributed by atoms with Crippen molar-refractivity contribution in [2.75, 3.05) is 0 Å². The summed E-state index contributed by atoms with van der Waals surface area (Å²) in [5.41, 5.74) is 24.1. The van der Waals surface area contributed by atoms with Crippen LogP contribution >= 0.6 is 0 Å². The highest BCUT2D eigenvalue weighted by Crippen LogP contribution is 2.59. The van der Waals surface area contributed by atoms with Crippen LogP contribution in [0.25, 0.3) is 122 Å². The van der Waals surface area contributed by atoms with E-state index in [1.807, 2.05) is 30.5 Å². The molecule has 2 nitrogen and oxygen atoms in total. The Balaban J connectivity index is 0.919. The summed E-state index contributed by atoms with van der Waals surface area (Å²) in [6, 6.07) is 77.8. The summed E-state index contributed by atoms with van der Waals surface area (Å²) in [5.74, 6) is 0. The number of pyridine rings is 2. The SMILES string of the molecule is CC1(C)c2cc(-c3cccc(-c4cccc(-c5ccccn5)n4)c3)ccc2-c2ccc(-c3ccc4c5c(cccc35)-c3c-4c(-c4ccccc4)c4ccccc4c3-c3ccccc3)cc21. The first-order valence-corrected chi connectivity index (χ1v) is 22.6. The number of hydrogen-bond donors (Lipinski definition) is 0. The van der Waals surface area contributed by atoms with Crippen molar-refractivity contribution >= 4 is 21.5 Å². The van der Waals surface area contributed by atoms with E-state index in [2.05, 4.69) is 207 Å². The molecule has 2 heteroatoms. The Morgan fingerprint density at radius 2 is 0.800 bits per heavy atom. The molecule has 13 rings (SSSR count). The molecule has 11 aromatic rings. The molecule has 0 N–H and O–H groups in total. The predicted octanol–water partition coefficient (Wildman–Crippen LogP) is 16.7. The summed E-state index contributed by atoms with van der Waals surface area (Å²) in [6.45, 7) is 4.78. The highest BCUT2D eigenvalue weighted by molar-refractivity contribution is 6.28. The van der Waals surface area contributed by atoms with Crippen LogP contribution in [0.3, 0.4) is 0 Å². The van der Waals surface area contributed by atoms with Gasteiger partial charge < -0.3 is 0 Å². The molecule has 2 heterocycles. The molecule has 0 saturated carbocycles. The van der Waals surface area contributed by atoms with E-state index in [1.54, 1.807) is 0 Å². The summed E-state index contributed by atoms with van der Waals surface area (Å²) in [4.78, 5) is 9.55. The van der Waals surface area contributed by atoms with Crippen molar-refractivity contribution in [2.24, 2.45) is 0 Å². The van der Waals surface area contributed by atoms with Crippen LogP contribution in [0.1, 0.15) is 25.0 Å². The zero-order chi connectivity index (χ0) is 43.2. The van der Waals surface area contributed by atoms with Crippen LogP contribution in [0, 0.1) is 0 Å². The monoisotopic (exact) mass is 826 g/mol. The van der Waals surface area contributed by atoms with E-state index < -0.39 is 0 Å². The van der Waals surface area contributed by atoms with E-state index in [1.165, 1.54) is 111 Å². The number of nitrogens with zero attached hydrogens (tertiary/aromatic N) is 2. The zero-order valence-electron chi connectivity index (χ0n) is 36.2. The molecular weight excluding hydrogens is 785 g/mol. The molecule has 2 aromatic heterocycles. The predicted molar refractivity (Wildman–Crippen MR) is 272 cm³/mol. The molecule has 0 aliphatic heterocycles. The maximum Gasteiger partial charge on any atom is 0.0893 e. The molecule has 65 heavy (non-hydrogen) atoms. The zero-order valence-corrected chi connectivity index (χ0v) is 36.2. The van der Waals surface area contributed by atoms with Gasteiger partial charge in [-0.05, 0) is 153 Å². The van der Waals surface area contributed by atoms with Gasteiger partial charge in [-0.1, -0.05) is 184 Å². The van der Waals surface area contributed by atoms with Gasteiger partial charge >= 0.3 is 0 Å². The molecular formula is C63H42N2. The van der Waals surface area contributed by atoms with Gasteiger partial charge in [0.1, 0.15) is 0 Å². The van der Waals surface area contributed by atoms with Gasteiger partial charge in [-0.25, -0.2) is 4.98 Å². The van der Waals surface area contributed by atoms with Crippen LogP contribution < -0.4 is 0 Å². The average molecular weight is 827 g/mol. The van der Waals surface area contributed by atoms with Gasteiger partial charge in [0.05, 0.1) is 17.1 Å². The Labute approximate surface area is 379 Å². The quantitative estimate of drug-likeness (QED) is 0.167. The summed E-state index contributed by atoms with van der Waals surface area (Å²) in [5, 5.41) is 5.18. The summed E-state index contributed by atoms with van der Waals surface area (Å²) in [6.07, 6.45) is 1.81. The van der Waals surface area contributed by atoms with Gasteiger partial charge in [-0.2, -0.15) is 0 Å². The Hall–Kier alpha value is -8.20. The Kier molecular flexibility index (Phi) is 8.29. The first-order valence-electron chi connectivity index (χ1n) is 22.6. The minimum Gasteiger partial charge on any atom is -0.255 e. The van der Waals surface area contributed by atoms with Gasteiger partial charge in [0.2, 0.25) is 0 Å². The highest BCUT2D eigenvalue weighted by Gasteiger charge is 2.37. The van der Waals surface area contributed by atoms with Crippen LogP contribution in [0.15, 0.2) is 219 Å². The van der Waals surface area contributed by atoms with Crippen molar-refractivity contribution in [1.82, 2.24) is 9.97 Å². The van der Waals surface area contributed by atoms with Crippen molar-refractivity contribution in [1.29, 1.82) is 0 Å². The topological polar surface area (TPSA) is 25.8 Å².